The molecule has 472 valence electrons. The standard InChI is InChI=1S/C65H128N2O7.H2O4S/c1-4-7-10-13-16-19-22-25-28-31-34-37-40-43-46-50-63(69)72-60-56-66(55-59-68)53-49-54-67(57-61-73-64(70)51-47-44-41-38-35-32-29-26-23-20-17-14-11-8-5-2)58-62-74-65(71)52-48-45-42-39-36-33-30-27-24-21-18-15-12-9-6-3;1-5(2,3)4/h68H,4-62H2,1-3H3;(H2,1,2,3,4). The summed E-state index contributed by atoms with van der Waals surface area (Å²) >= 11 is 0. The third-order valence-corrected chi connectivity index (χ3v) is 15.5. The molecule has 14 heteroatoms. The number of carbonyl (C=O) groups excluding carboxylic acids is 3. The Hall–Kier alpha value is -1.84. The van der Waals surface area contributed by atoms with Crippen molar-refractivity contribution in [1.82, 2.24) is 4.90 Å². The van der Waals surface area contributed by atoms with Crippen LogP contribution in [0.1, 0.15) is 335 Å². The fourth-order valence-corrected chi connectivity index (χ4v) is 10.4. The number of quaternary nitrogens is 1. The maximum atomic E-state index is 12.7. The molecule has 0 rings (SSSR count). The van der Waals surface area contributed by atoms with Crippen LogP contribution in [0, 0.1) is 0 Å². The van der Waals surface area contributed by atoms with Crippen molar-refractivity contribution in [2.24, 2.45) is 0 Å². The lowest BCUT2D eigenvalue weighted by atomic mass is 10.0. The molecule has 0 saturated heterocycles. The minimum absolute atomic E-state index is 0.0499. The number of rotatable bonds is 63. The largest absolute Gasteiger partial charge is 0.726 e. The first-order valence-corrected chi connectivity index (χ1v) is 35.1. The van der Waals surface area contributed by atoms with E-state index in [4.69, 9.17) is 31.7 Å². The molecule has 0 bridgehead atoms. The van der Waals surface area contributed by atoms with Gasteiger partial charge in [-0.25, -0.2) is 8.42 Å². The molecule has 0 spiro atoms. The summed E-state index contributed by atoms with van der Waals surface area (Å²) in [4.78, 5) is 41.3. The smallest absolute Gasteiger partial charge is 0.305 e. The predicted molar refractivity (Wildman–Crippen MR) is 328 cm³/mol. The van der Waals surface area contributed by atoms with Crippen molar-refractivity contribution < 1.29 is 56.1 Å². The zero-order valence-corrected chi connectivity index (χ0v) is 53.0. The van der Waals surface area contributed by atoms with E-state index in [1.165, 1.54) is 255 Å². The van der Waals surface area contributed by atoms with Crippen molar-refractivity contribution in [3.63, 3.8) is 0 Å². The van der Waals surface area contributed by atoms with Gasteiger partial charge in [0.2, 0.25) is 10.4 Å². The molecule has 0 aliphatic heterocycles. The fraction of sp³-hybridized carbons (Fsp3) is 0.954. The van der Waals surface area contributed by atoms with Crippen molar-refractivity contribution in [3.05, 3.63) is 0 Å². The molecule has 3 N–H and O–H groups in total. The van der Waals surface area contributed by atoms with E-state index in [1.54, 1.807) is 0 Å². The number of aliphatic hydroxyl groups is 1. The zero-order valence-electron chi connectivity index (χ0n) is 52.1. The number of aliphatic hydroxyl groups excluding tert-OH is 1. The average molecular weight is 1150 g/mol. The van der Waals surface area contributed by atoms with Gasteiger partial charge in [-0.3, -0.25) is 23.8 Å². The van der Waals surface area contributed by atoms with Gasteiger partial charge >= 0.3 is 17.9 Å². The highest BCUT2D eigenvalue weighted by Crippen LogP contribution is 2.17. The van der Waals surface area contributed by atoms with Gasteiger partial charge in [0.05, 0.1) is 13.2 Å². The summed E-state index contributed by atoms with van der Waals surface area (Å²) in [7, 11) is -4.92. The quantitative estimate of drug-likeness (QED) is 0.0172. The molecule has 13 nitrogen and oxygen atoms in total. The van der Waals surface area contributed by atoms with Crippen LogP contribution in [0.5, 0.6) is 0 Å². The van der Waals surface area contributed by atoms with Crippen LogP contribution in [0.2, 0.25) is 0 Å². The van der Waals surface area contributed by atoms with Gasteiger partial charge in [0.25, 0.3) is 0 Å². The van der Waals surface area contributed by atoms with Crippen LogP contribution in [-0.2, 0) is 39.0 Å². The van der Waals surface area contributed by atoms with Crippen LogP contribution in [0.25, 0.3) is 0 Å². The van der Waals surface area contributed by atoms with Crippen LogP contribution < -0.4 is 4.90 Å². The molecular formula is C65H130N2O11S. The molecule has 0 fully saturated rings. The Bertz CT molecular complexity index is 1310. The predicted octanol–water partition coefficient (Wildman–Crippen LogP) is 16.0. The number of nitrogens with zero attached hydrogens (tertiary/aromatic N) is 1. The zero-order chi connectivity index (χ0) is 58.2. The third kappa shape index (κ3) is 72.2. The van der Waals surface area contributed by atoms with E-state index in [9.17, 15) is 19.5 Å². The molecule has 0 heterocycles. The topological polar surface area (TPSA) is 184 Å². The maximum Gasteiger partial charge on any atom is 0.305 e. The first-order valence-electron chi connectivity index (χ1n) is 33.8. The molecule has 0 aliphatic carbocycles. The Morgan fingerprint density at radius 2 is 0.582 bits per heavy atom. The van der Waals surface area contributed by atoms with E-state index in [2.05, 4.69) is 25.7 Å². The summed E-state index contributed by atoms with van der Waals surface area (Å²) in [6.07, 6.45) is 60.9. The molecule has 0 aromatic carbocycles. The van der Waals surface area contributed by atoms with Crippen molar-refractivity contribution >= 4 is 28.3 Å². The highest BCUT2D eigenvalue weighted by Gasteiger charge is 2.15. The Labute approximate surface area is 488 Å². The number of hydrogen-bond acceptors (Lipinski definition) is 11. The number of carbonyl (C=O) groups is 3. The van der Waals surface area contributed by atoms with E-state index in [1.807, 2.05) is 0 Å². The van der Waals surface area contributed by atoms with Gasteiger partial charge in [-0.05, 0) is 19.3 Å². The van der Waals surface area contributed by atoms with Crippen LogP contribution in [0.4, 0.5) is 0 Å². The summed E-state index contributed by atoms with van der Waals surface area (Å²) in [5.41, 5.74) is 0. The molecule has 0 radical (unpaired) electrons. The van der Waals surface area contributed by atoms with Crippen molar-refractivity contribution in [2.45, 2.75) is 335 Å². The first-order chi connectivity index (χ1) is 38.5. The summed E-state index contributed by atoms with van der Waals surface area (Å²) < 4.78 is 49.9. The van der Waals surface area contributed by atoms with Crippen LogP contribution in [-0.4, -0.2) is 111 Å². The van der Waals surface area contributed by atoms with Gasteiger partial charge in [0.15, 0.2) is 0 Å². The van der Waals surface area contributed by atoms with Gasteiger partial charge in [-0.2, -0.15) is 0 Å². The minimum atomic E-state index is -4.92. The van der Waals surface area contributed by atoms with Crippen molar-refractivity contribution in [3.8, 4) is 0 Å². The third-order valence-electron chi connectivity index (χ3n) is 15.5. The second kappa shape index (κ2) is 65.3. The normalized spacial score (nSPS) is 11.6. The lowest BCUT2D eigenvalue weighted by molar-refractivity contribution is -0.900. The Morgan fingerprint density at radius 1 is 0.354 bits per heavy atom. The fourth-order valence-electron chi connectivity index (χ4n) is 10.4. The molecule has 0 aromatic rings. The molecular weight excluding hydrogens is 1020 g/mol. The highest BCUT2D eigenvalue weighted by atomic mass is 32.3. The Kier molecular flexibility index (Phi) is 65.5. The second-order valence-electron chi connectivity index (χ2n) is 23.1. The number of unbranched alkanes of at least 4 members (excludes halogenated alkanes) is 42. The van der Waals surface area contributed by atoms with Gasteiger partial charge < -0.3 is 28.8 Å². The molecule has 79 heavy (non-hydrogen) atoms. The molecule has 0 atom stereocenters. The van der Waals surface area contributed by atoms with Crippen molar-refractivity contribution in [1.29, 1.82) is 0 Å². The van der Waals surface area contributed by atoms with Gasteiger partial charge in [0, 0.05) is 45.3 Å². The van der Waals surface area contributed by atoms with E-state index >= 15 is 0 Å². The molecule has 0 aliphatic rings. The maximum absolute atomic E-state index is 12.7. The molecule has 0 amide bonds. The van der Waals surface area contributed by atoms with Gasteiger partial charge in [0.1, 0.15) is 32.9 Å². The van der Waals surface area contributed by atoms with Gasteiger partial charge in [-0.15, -0.1) is 0 Å². The molecule has 0 saturated carbocycles. The highest BCUT2D eigenvalue weighted by molar-refractivity contribution is 7.79. The number of ether oxygens (including phenoxy) is 3. The van der Waals surface area contributed by atoms with Crippen LogP contribution in [0.15, 0.2) is 0 Å². The SMILES string of the molecule is CCCCCCCCCCCCCCCCCC(=O)OCCN(CCO)CCC[NH+](CCOC(=O)CCCCCCCCCCCCCCCCC)CCOC(=O)CCCCCCCCCCCCCCCCC.O=S(=O)([O-])O. The summed E-state index contributed by atoms with van der Waals surface area (Å²) in [5, 5.41) is 9.81. The van der Waals surface area contributed by atoms with E-state index in [0.717, 1.165) is 58.0 Å². The molecule has 0 aromatic heterocycles. The minimum Gasteiger partial charge on any atom is -0.726 e. The van der Waals surface area contributed by atoms with E-state index in [-0.39, 0.29) is 24.5 Å². The van der Waals surface area contributed by atoms with E-state index in [0.29, 0.717) is 65.3 Å². The van der Waals surface area contributed by atoms with Crippen molar-refractivity contribution in [2.75, 3.05) is 65.7 Å². The van der Waals surface area contributed by atoms with Gasteiger partial charge in [-0.1, -0.05) is 290 Å². The number of esters is 3. The Morgan fingerprint density at radius 3 is 0.823 bits per heavy atom. The van der Waals surface area contributed by atoms with Crippen LogP contribution in [0.3, 0.4) is 0 Å². The number of nitrogens with one attached hydrogen (secondary N) is 1. The lowest BCUT2D eigenvalue weighted by Crippen LogP contribution is -3.13. The monoisotopic (exact) mass is 1150 g/mol. The summed E-state index contributed by atoms with van der Waals surface area (Å²) in [5.74, 6) is -0.350. The molecule has 0 unspecified atom stereocenters. The van der Waals surface area contributed by atoms with Crippen LogP contribution >= 0.6 is 0 Å². The lowest BCUT2D eigenvalue weighted by Gasteiger charge is -2.23. The first kappa shape index (κ1) is 79.2. The summed E-state index contributed by atoms with van der Waals surface area (Å²) in [6.45, 7) is 12.0. The average Bonchev–Trinajstić information content (AvgIpc) is 3.41. The van der Waals surface area contributed by atoms with E-state index < -0.39 is 10.4 Å². The Balaban J connectivity index is 0. The number of hydrogen-bond donors (Lipinski definition) is 3. The summed E-state index contributed by atoms with van der Waals surface area (Å²) in [6, 6.07) is 0. The second-order valence-corrected chi connectivity index (χ2v) is 24.0.